The zero-order valence-electron chi connectivity index (χ0n) is 20.9. The maximum atomic E-state index is 13.9. The van der Waals surface area contributed by atoms with Gasteiger partial charge in [-0.3, -0.25) is 4.79 Å². The predicted octanol–water partition coefficient (Wildman–Crippen LogP) is 5.03. The first-order valence-corrected chi connectivity index (χ1v) is 13.9. The van der Waals surface area contributed by atoms with E-state index in [4.69, 9.17) is 4.74 Å². The highest BCUT2D eigenvalue weighted by molar-refractivity contribution is 7.89. The van der Waals surface area contributed by atoms with E-state index in [0.717, 1.165) is 37.0 Å². The summed E-state index contributed by atoms with van der Waals surface area (Å²) in [6, 6.07) is 0. The summed E-state index contributed by atoms with van der Waals surface area (Å²) in [5, 5.41) is 2.78. The minimum absolute atomic E-state index is 0.0136. The van der Waals surface area contributed by atoms with Gasteiger partial charge < -0.3 is 10.1 Å². The lowest BCUT2D eigenvalue weighted by molar-refractivity contribution is -0.125. The molecule has 0 radical (unpaired) electrons. The number of allylic oxidation sites excluding steroid dienone is 5. The molecule has 0 bridgehead atoms. The van der Waals surface area contributed by atoms with Crippen LogP contribution in [0.3, 0.4) is 0 Å². The molecule has 2 aliphatic carbocycles. The molecule has 6 nitrogen and oxygen atoms in total. The number of terminal acetylenes is 1. The van der Waals surface area contributed by atoms with Crippen molar-refractivity contribution in [1.82, 2.24) is 10.0 Å². The summed E-state index contributed by atoms with van der Waals surface area (Å²) in [5.74, 6) is 0.318. The van der Waals surface area contributed by atoms with E-state index in [1.807, 2.05) is 19.1 Å². The Bertz CT molecular complexity index is 982. The molecule has 1 saturated heterocycles. The Morgan fingerprint density at radius 2 is 1.94 bits per heavy atom. The number of carbonyl (C=O) groups is 1. The number of sulfonamides is 1. The van der Waals surface area contributed by atoms with Crippen LogP contribution in [0.4, 0.5) is 4.39 Å². The SMILES string of the molecule is C#C.C=C1CCC(C/C=C/CCCS(=O)(=O)NC2(/C(C)=C/C(OCC3CC3)=C(\C)F)CC2)C(=O)N1. The van der Waals surface area contributed by atoms with Crippen molar-refractivity contribution >= 4 is 15.9 Å². The van der Waals surface area contributed by atoms with E-state index in [9.17, 15) is 17.6 Å². The number of nitrogens with one attached hydrogen (secondary N) is 2. The molecule has 1 aliphatic heterocycles. The number of piperidine rings is 1. The van der Waals surface area contributed by atoms with Crippen LogP contribution < -0.4 is 10.0 Å². The lowest BCUT2D eigenvalue weighted by Crippen LogP contribution is -2.39. The van der Waals surface area contributed by atoms with Gasteiger partial charge in [0, 0.05) is 11.6 Å². The van der Waals surface area contributed by atoms with E-state index in [2.05, 4.69) is 29.5 Å². The minimum atomic E-state index is -3.47. The molecule has 1 atom stereocenters. The molecule has 1 heterocycles. The van der Waals surface area contributed by atoms with Crippen LogP contribution >= 0.6 is 0 Å². The Morgan fingerprint density at radius 3 is 2.51 bits per heavy atom. The second-order valence-electron chi connectivity index (χ2n) is 9.66. The molecule has 3 rings (SSSR count). The summed E-state index contributed by atoms with van der Waals surface area (Å²) in [4.78, 5) is 11.9. The van der Waals surface area contributed by atoms with E-state index in [1.54, 1.807) is 6.08 Å². The molecule has 8 heteroatoms. The topological polar surface area (TPSA) is 84.5 Å². The molecule has 0 spiro atoms. The van der Waals surface area contributed by atoms with Gasteiger partial charge in [0.2, 0.25) is 15.9 Å². The summed E-state index contributed by atoms with van der Waals surface area (Å²) in [6.45, 7) is 7.48. The molecule has 0 aromatic heterocycles. The Hall–Kier alpha value is -2.37. The lowest BCUT2D eigenvalue weighted by atomic mass is 9.93. The Labute approximate surface area is 210 Å². The standard InChI is InChI=1S/C25H37FN2O4S.C2H2/c1-18(16-23(20(3)26)32-17-21-10-11-21)25(13-14-25)28-33(30,31)15-7-5-4-6-8-22-12-9-19(2)27-24(22)29;1-2/h4,6,16,21-22,28H,2,5,7-15,17H2,1,3H3,(H,27,29);1-2H/b6-4+,18-16+,23-20-;. The average Bonchev–Trinajstić information content (AvgIpc) is 3.72. The molecule has 194 valence electrons. The monoisotopic (exact) mass is 506 g/mol. The van der Waals surface area contributed by atoms with Crippen LogP contribution in [0, 0.1) is 24.7 Å². The van der Waals surface area contributed by atoms with Gasteiger partial charge in [0.05, 0.1) is 17.9 Å². The molecule has 0 aromatic rings. The maximum Gasteiger partial charge on any atom is 0.227 e. The molecule has 0 aromatic carbocycles. The summed E-state index contributed by atoms with van der Waals surface area (Å²) in [7, 11) is -3.47. The van der Waals surface area contributed by atoms with Gasteiger partial charge in [-0.2, -0.15) is 0 Å². The number of halogens is 1. The van der Waals surface area contributed by atoms with Crippen LogP contribution in [0.2, 0.25) is 0 Å². The Morgan fingerprint density at radius 1 is 1.26 bits per heavy atom. The van der Waals surface area contributed by atoms with Gasteiger partial charge in [0.15, 0.2) is 0 Å². The Balaban J connectivity index is 0.00000210. The number of carbonyl (C=O) groups excluding carboxylic acids is 1. The van der Waals surface area contributed by atoms with Crippen LogP contribution in [0.15, 0.2) is 47.7 Å². The summed E-state index contributed by atoms with van der Waals surface area (Å²) in [6.07, 6.45) is 20.6. The number of hydrogen-bond donors (Lipinski definition) is 2. The highest BCUT2D eigenvalue weighted by Gasteiger charge is 2.47. The highest BCUT2D eigenvalue weighted by atomic mass is 32.2. The molecule has 2 N–H and O–H groups in total. The highest BCUT2D eigenvalue weighted by Crippen LogP contribution is 2.43. The molecular formula is C27H39FN2O4S. The third-order valence-electron chi connectivity index (χ3n) is 6.55. The normalized spacial score (nSPS) is 22.7. The van der Waals surface area contributed by atoms with Crippen LogP contribution in [0.25, 0.3) is 0 Å². The van der Waals surface area contributed by atoms with Gasteiger partial charge in [0.25, 0.3) is 0 Å². The lowest BCUT2D eigenvalue weighted by Gasteiger charge is -2.22. The van der Waals surface area contributed by atoms with Crippen molar-refractivity contribution in [2.45, 2.75) is 77.2 Å². The van der Waals surface area contributed by atoms with E-state index < -0.39 is 21.4 Å². The molecular weight excluding hydrogens is 467 g/mol. The maximum absolute atomic E-state index is 13.9. The summed E-state index contributed by atoms with van der Waals surface area (Å²) >= 11 is 0. The van der Waals surface area contributed by atoms with Gasteiger partial charge >= 0.3 is 0 Å². The first-order valence-electron chi connectivity index (χ1n) is 12.3. The third kappa shape index (κ3) is 9.65. The minimum Gasteiger partial charge on any atom is -0.491 e. The van der Waals surface area contributed by atoms with Crippen molar-refractivity contribution in [3.8, 4) is 12.8 Å². The first kappa shape index (κ1) is 28.9. The van der Waals surface area contributed by atoms with E-state index in [-0.39, 0.29) is 23.3 Å². The molecule has 1 unspecified atom stereocenters. The zero-order chi connectivity index (χ0) is 26.1. The van der Waals surface area contributed by atoms with Crippen molar-refractivity contribution in [2.75, 3.05) is 12.4 Å². The fraction of sp³-hybridized carbons (Fsp3) is 0.593. The largest absolute Gasteiger partial charge is 0.491 e. The van der Waals surface area contributed by atoms with Crippen LogP contribution in [-0.4, -0.2) is 32.2 Å². The second kappa shape index (κ2) is 13.1. The number of ether oxygens (including phenoxy) is 1. The zero-order valence-corrected chi connectivity index (χ0v) is 21.8. The van der Waals surface area contributed by atoms with E-state index in [0.29, 0.717) is 44.6 Å². The van der Waals surface area contributed by atoms with Gasteiger partial charge in [0.1, 0.15) is 11.6 Å². The smallest absolute Gasteiger partial charge is 0.227 e. The summed E-state index contributed by atoms with van der Waals surface area (Å²) < 4.78 is 47.7. The quantitative estimate of drug-likeness (QED) is 0.121. The molecule has 35 heavy (non-hydrogen) atoms. The van der Waals surface area contributed by atoms with Gasteiger partial charge in [-0.25, -0.2) is 17.5 Å². The van der Waals surface area contributed by atoms with Gasteiger partial charge in [-0.15, -0.1) is 12.8 Å². The van der Waals surface area contributed by atoms with Crippen LogP contribution in [0.5, 0.6) is 0 Å². The molecule has 2 saturated carbocycles. The molecule has 3 fully saturated rings. The summed E-state index contributed by atoms with van der Waals surface area (Å²) in [5.41, 5.74) is 0.924. The third-order valence-corrected chi connectivity index (χ3v) is 8.08. The van der Waals surface area contributed by atoms with Crippen molar-refractivity contribution < 1.29 is 22.3 Å². The predicted molar refractivity (Wildman–Crippen MR) is 138 cm³/mol. The van der Waals surface area contributed by atoms with E-state index >= 15 is 0 Å². The average molecular weight is 507 g/mol. The number of hydrogen-bond acceptors (Lipinski definition) is 4. The van der Waals surface area contributed by atoms with Gasteiger partial charge in [-0.05, 0) is 89.2 Å². The number of unbranched alkanes of at least 4 members (excludes halogenated alkanes) is 1. The van der Waals surface area contributed by atoms with Crippen molar-refractivity contribution in [1.29, 1.82) is 0 Å². The first-order chi connectivity index (χ1) is 16.6. The van der Waals surface area contributed by atoms with Crippen molar-refractivity contribution in [2.24, 2.45) is 11.8 Å². The fourth-order valence-corrected chi connectivity index (χ4v) is 5.54. The fourth-order valence-electron chi connectivity index (χ4n) is 3.93. The van der Waals surface area contributed by atoms with Crippen LogP contribution in [0.1, 0.15) is 71.6 Å². The Kier molecular flexibility index (Phi) is 10.8. The molecule has 1 amide bonds. The van der Waals surface area contributed by atoms with Crippen molar-refractivity contribution in [3.63, 3.8) is 0 Å². The second-order valence-corrected chi connectivity index (χ2v) is 11.5. The number of rotatable bonds is 13. The van der Waals surface area contributed by atoms with Crippen molar-refractivity contribution in [3.05, 3.63) is 47.7 Å². The van der Waals surface area contributed by atoms with Gasteiger partial charge in [-0.1, -0.05) is 18.7 Å². The molecule has 3 aliphatic rings. The van der Waals surface area contributed by atoms with Crippen LogP contribution in [-0.2, 0) is 19.6 Å². The number of amides is 1. The van der Waals surface area contributed by atoms with E-state index in [1.165, 1.54) is 6.92 Å².